The molecule has 1 aliphatic carbocycles. The maximum Gasteiger partial charge on any atom is 0.201 e. The van der Waals surface area contributed by atoms with Crippen LogP contribution in [0, 0.1) is 23.5 Å². The molecule has 0 aromatic heterocycles. The van der Waals surface area contributed by atoms with Gasteiger partial charge in [-0.05, 0) is 49.1 Å². The summed E-state index contributed by atoms with van der Waals surface area (Å²) in [6.07, 6.45) is 10.4. The van der Waals surface area contributed by atoms with Gasteiger partial charge >= 0.3 is 0 Å². The second-order valence-corrected chi connectivity index (χ2v) is 8.87. The van der Waals surface area contributed by atoms with Gasteiger partial charge in [-0.25, -0.2) is 4.39 Å². The van der Waals surface area contributed by atoms with Gasteiger partial charge in [0.1, 0.15) is 0 Å². The fraction of sp³-hybridized carbons (Fsp3) is 0.714. The number of rotatable bonds is 7. The first-order valence-electron chi connectivity index (χ1n) is 9.94. The van der Waals surface area contributed by atoms with Crippen LogP contribution in [0.15, 0.2) is 11.0 Å². The number of halogens is 2. The minimum atomic E-state index is -0.811. The first-order valence-corrected chi connectivity index (χ1v) is 10.8. The number of thioether (sulfide) groups is 1. The van der Waals surface area contributed by atoms with Crippen LogP contribution in [0.1, 0.15) is 70.8 Å². The fourth-order valence-electron chi connectivity index (χ4n) is 4.28. The Labute approximate surface area is 154 Å². The van der Waals surface area contributed by atoms with Crippen molar-refractivity contribution >= 4 is 11.8 Å². The summed E-state index contributed by atoms with van der Waals surface area (Å²) >= 11 is 1.56. The third kappa shape index (κ3) is 4.32. The van der Waals surface area contributed by atoms with Gasteiger partial charge in [-0.2, -0.15) is 4.39 Å². The van der Waals surface area contributed by atoms with E-state index in [1.807, 2.05) is 0 Å². The summed E-state index contributed by atoms with van der Waals surface area (Å²) in [7, 11) is 0. The molecule has 1 heterocycles. The second kappa shape index (κ2) is 8.75. The summed E-state index contributed by atoms with van der Waals surface area (Å²) in [5.41, 5.74) is 0.941. The van der Waals surface area contributed by atoms with Gasteiger partial charge in [0.15, 0.2) is 11.6 Å². The van der Waals surface area contributed by atoms with Gasteiger partial charge in [-0.15, -0.1) is 11.8 Å². The number of hydrogen-bond acceptors (Lipinski definition) is 2. The van der Waals surface area contributed by atoms with Gasteiger partial charge in [0.05, 0.1) is 6.61 Å². The molecule has 0 N–H and O–H groups in total. The Bertz CT molecular complexity index is 582. The molecular weight excluding hydrogens is 338 g/mol. The van der Waals surface area contributed by atoms with Crippen molar-refractivity contribution in [1.29, 1.82) is 0 Å². The summed E-state index contributed by atoms with van der Waals surface area (Å²) in [5.74, 6) is 0.101. The summed E-state index contributed by atoms with van der Waals surface area (Å²) in [4.78, 5) is 0.529. The highest BCUT2D eigenvalue weighted by Crippen LogP contribution is 2.48. The van der Waals surface area contributed by atoms with E-state index in [4.69, 9.17) is 4.74 Å². The number of ether oxygens (including phenoxy) is 1. The quantitative estimate of drug-likeness (QED) is 0.491. The Morgan fingerprint density at radius 3 is 2.52 bits per heavy atom. The lowest BCUT2D eigenvalue weighted by molar-refractivity contribution is 0.258. The average Bonchev–Trinajstić information content (AvgIpc) is 3.04. The van der Waals surface area contributed by atoms with Gasteiger partial charge in [0.2, 0.25) is 5.82 Å². The van der Waals surface area contributed by atoms with E-state index in [1.54, 1.807) is 17.8 Å². The molecule has 0 saturated heterocycles. The molecule has 1 aromatic rings. The van der Waals surface area contributed by atoms with E-state index >= 15 is 0 Å². The lowest BCUT2D eigenvalue weighted by atomic mass is 9.78. The van der Waals surface area contributed by atoms with Crippen LogP contribution in [-0.4, -0.2) is 11.9 Å². The largest absolute Gasteiger partial charge is 0.490 e. The fourth-order valence-corrected chi connectivity index (χ4v) is 5.79. The maximum absolute atomic E-state index is 14.5. The highest BCUT2D eigenvalue weighted by atomic mass is 32.2. The summed E-state index contributed by atoms with van der Waals surface area (Å²) in [5, 5.41) is 0.400. The van der Waals surface area contributed by atoms with Crippen molar-refractivity contribution < 1.29 is 13.5 Å². The molecule has 1 nitrogen and oxygen atoms in total. The van der Waals surface area contributed by atoms with Crippen molar-refractivity contribution in [3.63, 3.8) is 0 Å². The lowest BCUT2D eigenvalue weighted by Gasteiger charge is -2.31. The van der Waals surface area contributed by atoms with E-state index in [0.29, 0.717) is 22.7 Å². The van der Waals surface area contributed by atoms with Gasteiger partial charge in [0.25, 0.3) is 0 Å². The topological polar surface area (TPSA) is 9.23 Å². The third-order valence-electron chi connectivity index (χ3n) is 5.77. The van der Waals surface area contributed by atoms with Crippen LogP contribution < -0.4 is 4.74 Å². The van der Waals surface area contributed by atoms with Gasteiger partial charge < -0.3 is 4.74 Å². The minimum absolute atomic E-state index is 0.0950. The van der Waals surface area contributed by atoms with Crippen LogP contribution in [0.4, 0.5) is 8.78 Å². The Balaban J connectivity index is 1.65. The van der Waals surface area contributed by atoms with E-state index in [2.05, 4.69) is 13.8 Å². The predicted octanol–water partition coefficient (Wildman–Crippen LogP) is 6.77. The molecule has 0 unspecified atom stereocenters. The highest BCUT2D eigenvalue weighted by Gasteiger charge is 2.35. The van der Waals surface area contributed by atoms with Crippen molar-refractivity contribution in [2.75, 3.05) is 6.61 Å². The molecule has 3 rings (SSSR count). The second-order valence-electron chi connectivity index (χ2n) is 7.62. The van der Waals surface area contributed by atoms with Gasteiger partial charge in [-0.3, -0.25) is 0 Å². The molecule has 1 aromatic carbocycles. The van der Waals surface area contributed by atoms with Crippen molar-refractivity contribution in [2.24, 2.45) is 11.8 Å². The molecule has 25 heavy (non-hydrogen) atoms. The lowest BCUT2D eigenvalue weighted by Crippen LogP contribution is -2.23. The first-order chi connectivity index (χ1) is 12.1. The zero-order valence-corrected chi connectivity index (χ0v) is 16.3. The van der Waals surface area contributed by atoms with Crippen molar-refractivity contribution in [3.8, 4) is 5.75 Å². The van der Waals surface area contributed by atoms with E-state index in [-0.39, 0.29) is 5.75 Å². The van der Waals surface area contributed by atoms with Crippen LogP contribution >= 0.6 is 11.8 Å². The normalized spacial score (nSPS) is 25.8. The number of benzene rings is 1. The van der Waals surface area contributed by atoms with Gasteiger partial charge in [-0.1, -0.05) is 46.0 Å². The zero-order chi connectivity index (χ0) is 17.8. The molecule has 4 heteroatoms. The maximum atomic E-state index is 14.5. The summed E-state index contributed by atoms with van der Waals surface area (Å²) < 4.78 is 34.3. The number of hydrogen-bond donors (Lipinski definition) is 0. The molecule has 1 fully saturated rings. The molecular formula is C21H30F2OS. The molecule has 0 bridgehead atoms. The van der Waals surface area contributed by atoms with Gasteiger partial charge in [0, 0.05) is 10.1 Å². The number of unbranched alkanes of at least 4 members (excludes halogenated alkanes) is 1. The number of fused-ring (bicyclic) bond motifs is 1. The van der Waals surface area contributed by atoms with E-state index in [1.165, 1.54) is 38.5 Å². The predicted molar refractivity (Wildman–Crippen MR) is 100 cm³/mol. The molecule has 1 aliphatic heterocycles. The molecule has 1 atom stereocenters. The smallest absolute Gasteiger partial charge is 0.201 e. The first kappa shape index (κ1) is 19.0. The van der Waals surface area contributed by atoms with Crippen molar-refractivity contribution in [2.45, 2.75) is 81.8 Å². The Morgan fingerprint density at radius 2 is 1.84 bits per heavy atom. The Morgan fingerprint density at radius 1 is 1.08 bits per heavy atom. The monoisotopic (exact) mass is 368 g/mol. The third-order valence-corrected chi connectivity index (χ3v) is 7.30. The summed E-state index contributed by atoms with van der Waals surface area (Å²) in [6, 6.07) is 1.75. The standard InChI is InChI=1S/C21H30F2OS/c1-3-5-11-24-17-12-16-13-18(25-21(16)20(23)19(17)22)15-9-7-14(6-4-2)8-10-15/h12,14-15,18H,3-11,13H2,1-2H3/t14?,15?,18-/m0/s1. The van der Waals surface area contributed by atoms with Crippen LogP contribution in [0.25, 0.3) is 0 Å². The van der Waals surface area contributed by atoms with Crippen LogP contribution in [-0.2, 0) is 6.42 Å². The summed E-state index contributed by atoms with van der Waals surface area (Å²) in [6.45, 7) is 4.76. The van der Waals surface area contributed by atoms with E-state index < -0.39 is 11.6 Å². The Hall–Kier alpha value is -0.770. The SMILES string of the molecule is CCCCOc1cc2c(c(F)c1F)S[C@H](C1CCC(CCC)CC1)C2. The van der Waals surface area contributed by atoms with Crippen LogP contribution in [0.3, 0.4) is 0 Å². The minimum Gasteiger partial charge on any atom is -0.490 e. The van der Waals surface area contributed by atoms with Crippen LogP contribution in [0.2, 0.25) is 0 Å². The molecule has 140 valence electrons. The Kier molecular flexibility index (Phi) is 6.65. The van der Waals surface area contributed by atoms with Crippen LogP contribution in [0.5, 0.6) is 5.75 Å². The molecule has 1 saturated carbocycles. The molecule has 2 aliphatic rings. The van der Waals surface area contributed by atoms with E-state index in [9.17, 15) is 8.78 Å². The van der Waals surface area contributed by atoms with Crippen molar-refractivity contribution in [1.82, 2.24) is 0 Å². The highest BCUT2D eigenvalue weighted by molar-refractivity contribution is 8.00. The molecule has 0 radical (unpaired) electrons. The molecule has 0 spiro atoms. The average molecular weight is 369 g/mol. The van der Waals surface area contributed by atoms with Crippen molar-refractivity contribution in [3.05, 3.63) is 23.3 Å². The van der Waals surface area contributed by atoms with E-state index in [0.717, 1.165) is 30.7 Å². The zero-order valence-electron chi connectivity index (χ0n) is 15.5. The molecule has 0 amide bonds.